The molecule has 1 N–H and O–H groups in total. The number of nitrogens with one attached hydrogen (secondary N) is 1. The van der Waals surface area contributed by atoms with Crippen LogP contribution in [0.3, 0.4) is 0 Å². The number of likely N-dealkylation sites (tertiary alicyclic amines) is 1. The maximum absolute atomic E-state index is 12.8. The summed E-state index contributed by atoms with van der Waals surface area (Å²) in [5.41, 5.74) is 2.11. The van der Waals surface area contributed by atoms with Gasteiger partial charge in [-0.1, -0.05) is 48.0 Å². The van der Waals surface area contributed by atoms with E-state index in [4.69, 9.17) is 16.3 Å². The summed E-state index contributed by atoms with van der Waals surface area (Å²) in [6.45, 7) is 4.54. The molecule has 0 radical (unpaired) electrons. The fraction of sp³-hybridized carbons (Fsp3) is 0.409. The van der Waals surface area contributed by atoms with Gasteiger partial charge in [0.15, 0.2) is 0 Å². The fourth-order valence-electron chi connectivity index (χ4n) is 3.71. The zero-order valence-corrected chi connectivity index (χ0v) is 16.7. The summed E-state index contributed by atoms with van der Waals surface area (Å²) in [7, 11) is 1.65. The normalized spacial score (nSPS) is 18.7. The van der Waals surface area contributed by atoms with E-state index in [-0.39, 0.29) is 17.9 Å². The standard InChI is InChI=1S/C22H27ClN2O2/c1-16(19-10-4-6-12-21(19)27-2)24-22(26)18-9-7-13-25(15-18)14-17-8-3-5-11-20(17)23/h3-6,8,10-12,16,18H,7,9,13-15H2,1-2H3,(H,24,26)/t16-,18-/m1/s1. The molecule has 2 atom stereocenters. The van der Waals surface area contributed by atoms with Gasteiger partial charge in [0.05, 0.1) is 19.1 Å². The second-order valence-corrected chi connectivity index (χ2v) is 7.55. The minimum absolute atomic E-state index is 0.00149. The molecular weight excluding hydrogens is 360 g/mol. The maximum atomic E-state index is 12.8. The topological polar surface area (TPSA) is 41.6 Å². The Morgan fingerprint density at radius 3 is 2.78 bits per heavy atom. The highest BCUT2D eigenvalue weighted by molar-refractivity contribution is 6.31. The van der Waals surface area contributed by atoms with E-state index in [0.29, 0.717) is 0 Å². The quantitative estimate of drug-likeness (QED) is 0.798. The number of carbonyl (C=O) groups is 1. The first-order chi connectivity index (χ1) is 13.1. The molecule has 144 valence electrons. The van der Waals surface area contributed by atoms with Crippen molar-refractivity contribution in [1.29, 1.82) is 0 Å². The summed E-state index contributed by atoms with van der Waals surface area (Å²) in [5, 5.41) is 3.95. The number of nitrogens with zero attached hydrogens (tertiary/aromatic N) is 1. The van der Waals surface area contributed by atoms with Gasteiger partial charge < -0.3 is 10.1 Å². The number of para-hydroxylation sites is 1. The van der Waals surface area contributed by atoms with Crippen molar-refractivity contribution < 1.29 is 9.53 Å². The predicted molar refractivity (Wildman–Crippen MR) is 109 cm³/mol. The highest BCUT2D eigenvalue weighted by atomic mass is 35.5. The van der Waals surface area contributed by atoms with E-state index >= 15 is 0 Å². The largest absolute Gasteiger partial charge is 0.496 e. The van der Waals surface area contributed by atoms with Crippen molar-refractivity contribution in [2.75, 3.05) is 20.2 Å². The number of amides is 1. The third-order valence-electron chi connectivity index (χ3n) is 5.19. The van der Waals surface area contributed by atoms with Crippen LogP contribution < -0.4 is 10.1 Å². The molecule has 0 aromatic heterocycles. The molecule has 1 amide bonds. The molecule has 0 spiro atoms. The molecule has 0 bridgehead atoms. The van der Waals surface area contributed by atoms with Crippen molar-refractivity contribution in [2.24, 2.45) is 5.92 Å². The van der Waals surface area contributed by atoms with E-state index in [1.807, 2.05) is 49.4 Å². The van der Waals surface area contributed by atoms with Gasteiger partial charge in [-0.2, -0.15) is 0 Å². The average molecular weight is 387 g/mol. The maximum Gasteiger partial charge on any atom is 0.224 e. The lowest BCUT2D eigenvalue weighted by Gasteiger charge is -2.33. The smallest absolute Gasteiger partial charge is 0.224 e. The lowest BCUT2D eigenvalue weighted by molar-refractivity contribution is -0.127. The van der Waals surface area contributed by atoms with Crippen LogP contribution in [0.25, 0.3) is 0 Å². The lowest BCUT2D eigenvalue weighted by Crippen LogP contribution is -2.43. The molecule has 2 aromatic rings. The van der Waals surface area contributed by atoms with Crippen LogP contribution in [0.4, 0.5) is 0 Å². The lowest BCUT2D eigenvalue weighted by atomic mass is 9.95. The Morgan fingerprint density at radius 2 is 2.00 bits per heavy atom. The molecule has 3 rings (SSSR count). The molecule has 0 saturated carbocycles. The van der Waals surface area contributed by atoms with Crippen LogP contribution in [0, 0.1) is 5.92 Å². The molecule has 1 heterocycles. The van der Waals surface area contributed by atoms with Gasteiger partial charge >= 0.3 is 0 Å². The van der Waals surface area contributed by atoms with Crippen LogP contribution in [-0.4, -0.2) is 31.0 Å². The Hall–Kier alpha value is -2.04. The molecule has 0 aliphatic carbocycles. The van der Waals surface area contributed by atoms with Crippen molar-refractivity contribution in [3.05, 3.63) is 64.7 Å². The number of hydrogen-bond donors (Lipinski definition) is 1. The molecular formula is C22H27ClN2O2. The first-order valence-corrected chi connectivity index (χ1v) is 9.85. The van der Waals surface area contributed by atoms with Gasteiger partial charge in [-0.05, 0) is 44.0 Å². The Labute approximate surface area is 166 Å². The van der Waals surface area contributed by atoms with Crippen LogP contribution in [0.2, 0.25) is 5.02 Å². The SMILES string of the molecule is COc1ccccc1[C@@H](C)NC(=O)[C@@H]1CCCN(Cc2ccccc2Cl)C1. The zero-order chi connectivity index (χ0) is 19.2. The summed E-state index contributed by atoms with van der Waals surface area (Å²) in [6, 6.07) is 15.6. The number of benzene rings is 2. The molecule has 0 unspecified atom stereocenters. The summed E-state index contributed by atoms with van der Waals surface area (Å²) in [6.07, 6.45) is 1.94. The van der Waals surface area contributed by atoms with E-state index in [9.17, 15) is 4.79 Å². The number of ether oxygens (including phenoxy) is 1. The van der Waals surface area contributed by atoms with Gasteiger partial charge in [0, 0.05) is 23.7 Å². The van der Waals surface area contributed by atoms with Gasteiger partial charge in [0.1, 0.15) is 5.75 Å². The van der Waals surface area contributed by atoms with E-state index in [1.165, 1.54) is 0 Å². The summed E-state index contributed by atoms with van der Waals surface area (Å²) >= 11 is 6.29. The Bertz CT molecular complexity index is 780. The Morgan fingerprint density at radius 1 is 1.26 bits per heavy atom. The number of rotatable bonds is 6. The monoisotopic (exact) mass is 386 g/mol. The molecule has 1 aliphatic rings. The van der Waals surface area contributed by atoms with Crippen molar-refractivity contribution in [1.82, 2.24) is 10.2 Å². The van der Waals surface area contributed by atoms with E-state index in [0.717, 1.165) is 54.4 Å². The van der Waals surface area contributed by atoms with Crippen molar-refractivity contribution >= 4 is 17.5 Å². The second kappa shape index (κ2) is 9.25. The third kappa shape index (κ3) is 5.02. The first-order valence-electron chi connectivity index (χ1n) is 9.47. The van der Waals surface area contributed by atoms with Crippen LogP contribution in [-0.2, 0) is 11.3 Å². The van der Waals surface area contributed by atoms with E-state index < -0.39 is 0 Å². The minimum atomic E-state index is -0.0902. The number of piperidine rings is 1. The van der Waals surface area contributed by atoms with Gasteiger partial charge in [-0.15, -0.1) is 0 Å². The predicted octanol–water partition coefficient (Wildman–Crippen LogP) is 4.44. The van der Waals surface area contributed by atoms with Crippen LogP contribution in [0.1, 0.15) is 36.9 Å². The van der Waals surface area contributed by atoms with Gasteiger partial charge in [-0.3, -0.25) is 9.69 Å². The summed E-state index contributed by atoms with van der Waals surface area (Å²) in [5.74, 6) is 0.907. The summed E-state index contributed by atoms with van der Waals surface area (Å²) < 4.78 is 5.42. The number of methoxy groups -OCH3 is 1. The molecule has 1 fully saturated rings. The van der Waals surface area contributed by atoms with Gasteiger partial charge in [0.2, 0.25) is 5.91 Å². The molecule has 1 saturated heterocycles. The van der Waals surface area contributed by atoms with Crippen molar-refractivity contribution in [3.63, 3.8) is 0 Å². The van der Waals surface area contributed by atoms with Gasteiger partial charge in [0.25, 0.3) is 0 Å². The minimum Gasteiger partial charge on any atom is -0.496 e. The molecule has 4 nitrogen and oxygen atoms in total. The fourth-order valence-corrected chi connectivity index (χ4v) is 3.91. The number of hydrogen-bond acceptors (Lipinski definition) is 3. The van der Waals surface area contributed by atoms with Crippen molar-refractivity contribution in [3.8, 4) is 5.75 Å². The first kappa shape index (κ1) is 19.7. The molecule has 5 heteroatoms. The zero-order valence-electron chi connectivity index (χ0n) is 16.0. The van der Waals surface area contributed by atoms with E-state index in [1.54, 1.807) is 7.11 Å². The Kier molecular flexibility index (Phi) is 6.75. The highest BCUT2D eigenvalue weighted by Gasteiger charge is 2.27. The molecule has 27 heavy (non-hydrogen) atoms. The van der Waals surface area contributed by atoms with Gasteiger partial charge in [-0.25, -0.2) is 0 Å². The summed E-state index contributed by atoms with van der Waals surface area (Å²) in [4.78, 5) is 15.2. The van der Waals surface area contributed by atoms with Crippen LogP contribution >= 0.6 is 11.6 Å². The third-order valence-corrected chi connectivity index (χ3v) is 5.56. The van der Waals surface area contributed by atoms with Crippen LogP contribution in [0.15, 0.2) is 48.5 Å². The molecule has 1 aliphatic heterocycles. The number of carbonyl (C=O) groups excluding carboxylic acids is 1. The average Bonchev–Trinajstić information content (AvgIpc) is 2.70. The van der Waals surface area contributed by atoms with Crippen LogP contribution in [0.5, 0.6) is 5.75 Å². The highest BCUT2D eigenvalue weighted by Crippen LogP contribution is 2.26. The molecule has 2 aromatic carbocycles. The Balaban J connectivity index is 1.60. The van der Waals surface area contributed by atoms with E-state index in [2.05, 4.69) is 16.3 Å². The number of halogens is 1. The second-order valence-electron chi connectivity index (χ2n) is 7.14. The van der Waals surface area contributed by atoms with Crippen molar-refractivity contribution in [2.45, 2.75) is 32.4 Å².